The van der Waals surface area contributed by atoms with E-state index in [1.807, 2.05) is 0 Å². The van der Waals surface area contributed by atoms with E-state index in [0.29, 0.717) is 10.6 Å². The SMILES string of the molecule is CN1CCN(CCCCCNC(=O)c2cccc(Cl)c2)CC1. The molecule has 0 aromatic heterocycles. The molecule has 0 unspecified atom stereocenters. The highest BCUT2D eigenvalue weighted by atomic mass is 35.5. The summed E-state index contributed by atoms with van der Waals surface area (Å²) >= 11 is 5.89. The number of piperazine rings is 1. The third-order valence-electron chi connectivity index (χ3n) is 4.12. The number of nitrogens with one attached hydrogen (secondary N) is 1. The molecule has 5 heteroatoms. The molecule has 0 bridgehead atoms. The van der Waals surface area contributed by atoms with Crippen LogP contribution in [0, 0.1) is 0 Å². The second kappa shape index (κ2) is 9.13. The van der Waals surface area contributed by atoms with Gasteiger partial charge in [0, 0.05) is 43.3 Å². The van der Waals surface area contributed by atoms with Gasteiger partial charge >= 0.3 is 0 Å². The van der Waals surface area contributed by atoms with Crippen LogP contribution in [0.3, 0.4) is 0 Å². The number of benzene rings is 1. The quantitative estimate of drug-likeness (QED) is 0.783. The van der Waals surface area contributed by atoms with Gasteiger partial charge in [0.05, 0.1) is 0 Å². The summed E-state index contributed by atoms with van der Waals surface area (Å²) in [5, 5.41) is 3.55. The number of nitrogens with zero attached hydrogens (tertiary/aromatic N) is 2. The number of unbranched alkanes of at least 4 members (excludes halogenated alkanes) is 2. The molecule has 1 aliphatic heterocycles. The first-order valence-corrected chi connectivity index (χ1v) is 8.47. The van der Waals surface area contributed by atoms with Crippen molar-refractivity contribution < 1.29 is 4.79 Å². The van der Waals surface area contributed by atoms with E-state index < -0.39 is 0 Å². The molecule has 1 aromatic carbocycles. The number of hydrogen-bond acceptors (Lipinski definition) is 3. The van der Waals surface area contributed by atoms with Crippen molar-refractivity contribution in [2.75, 3.05) is 46.3 Å². The average Bonchev–Trinajstić information content (AvgIpc) is 2.52. The molecule has 22 heavy (non-hydrogen) atoms. The second-order valence-corrected chi connectivity index (χ2v) is 6.41. The topological polar surface area (TPSA) is 35.6 Å². The number of amides is 1. The zero-order valence-corrected chi connectivity index (χ0v) is 14.1. The Bertz CT molecular complexity index is 473. The molecule has 1 aromatic rings. The lowest BCUT2D eigenvalue weighted by Crippen LogP contribution is -2.44. The van der Waals surface area contributed by atoms with Crippen molar-refractivity contribution in [3.05, 3.63) is 34.9 Å². The van der Waals surface area contributed by atoms with E-state index in [9.17, 15) is 4.79 Å². The standard InChI is InChI=1S/C17H26ClN3O/c1-20-10-12-21(13-11-20)9-4-2-3-8-19-17(22)15-6-5-7-16(18)14-15/h5-7,14H,2-4,8-13H2,1H3,(H,19,22). The van der Waals surface area contributed by atoms with Gasteiger partial charge in [-0.05, 0) is 44.6 Å². The molecule has 1 fully saturated rings. The molecule has 0 spiro atoms. The molecule has 0 saturated carbocycles. The van der Waals surface area contributed by atoms with Crippen LogP contribution in [0.4, 0.5) is 0 Å². The van der Waals surface area contributed by atoms with Crippen LogP contribution >= 0.6 is 11.6 Å². The van der Waals surface area contributed by atoms with Crippen molar-refractivity contribution in [1.82, 2.24) is 15.1 Å². The highest BCUT2D eigenvalue weighted by molar-refractivity contribution is 6.30. The molecule has 1 saturated heterocycles. The maximum Gasteiger partial charge on any atom is 0.251 e. The number of carbonyl (C=O) groups excluding carboxylic acids is 1. The Morgan fingerprint density at radius 1 is 1.18 bits per heavy atom. The monoisotopic (exact) mass is 323 g/mol. The molecule has 1 heterocycles. The van der Waals surface area contributed by atoms with Crippen molar-refractivity contribution in [2.45, 2.75) is 19.3 Å². The van der Waals surface area contributed by atoms with Crippen LogP contribution in [-0.4, -0.2) is 62.0 Å². The molecular formula is C17H26ClN3O. The van der Waals surface area contributed by atoms with Crippen LogP contribution < -0.4 is 5.32 Å². The van der Waals surface area contributed by atoms with Gasteiger partial charge in [0.1, 0.15) is 0 Å². The predicted molar refractivity (Wildman–Crippen MR) is 91.6 cm³/mol. The molecule has 1 N–H and O–H groups in total. The van der Waals surface area contributed by atoms with Gasteiger partial charge in [-0.3, -0.25) is 4.79 Å². The third-order valence-corrected chi connectivity index (χ3v) is 4.35. The molecule has 122 valence electrons. The maximum atomic E-state index is 11.9. The fraction of sp³-hybridized carbons (Fsp3) is 0.588. The first kappa shape index (κ1) is 17.3. The Morgan fingerprint density at radius 3 is 2.68 bits per heavy atom. The van der Waals surface area contributed by atoms with Crippen molar-refractivity contribution in [2.24, 2.45) is 0 Å². The van der Waals surface area contributed by atoms with Gasteiger partial charge in [0.15, 0.2) is 0 Å². The summed E-state index contributed by atoms with van der Waals surface area (Å²) in [5.41, 5.74) is 0.630. The lowest BCUT2D eigenvalue weighted by molar-refractivity contribution is 0.0952. The fourth-order valence-corrected chi connectivity index (χ4v) is 2.83. The second-order valence-electron chi connectivity index (χ2n) is 5.97. The van der Waals surface area contributed by atoms with Crippen molar-refractivity contribution in [3.63, 3.8) is 0 Å². The summed E-state index contributed by atoms with van der Waals surface area (Å²) in [7, 11) is 2.18. The molecule has 1 aliphatic rings. The minimum absolute atomic E-state index is 0.0402. The lowest BCUT2D eigenvalue weighted by Gasteiger charge is -2.32. The Morgan fingerprint density at radius 2 is 1.95 bits per heavy atom. The largest absolute Gasteiger partial charge is 0.352 e. The number of hydrogen-bond donors (Lipinski definition) is 1. The third kappa shape index (κ3) is 5.95. The van der Waals surface area contributed by atoms with E-state index in [-0.39, 0.29) is 5.91 Å². The van der Waals surface area contributed by atoms with Crippen molar-refractivity contribution in [3.8, 4) is 0 Å². The number of rotatable bonds is 7. The highest BCUT2D eigenvalue weighted by Gasteiger charge is 2.12. The van der Waals surface area contributed by atoms with E-state index in [0.717, 1.165) is 19.4 Å². The van der Waals surface area contributed by atoms with E-state index >= 15 is 0 Å². The minimum Gasteiger partial charge on any atom is -0.352 e. The summed E-state index contributed by atoms with van der Waals surface area (Å²) < 4.78 is 0. The molecule has 0 radical (unpaired) electrons. The number of halogens is 1. The summed E-state index contributed by atoms with van der Waals surface area (Å²) in [6.45, 7) is 6.62. The normalized spacial score (nSPS) is 16.6. The number of likely N-dealkylation sites (N-methyl/N-ethyl adjacent to an activating group) is 1. The molecule has 2 rings (SSSR count). The Hall–Kier alpha value is -1.10. The zero-order chi connectivity index (χ0) is 15.8. The zero-order valence-electron chi connectivity index (χ0n) is 13.4. The van der Waals surface area contributed by atoms with Crippen LogP contribution in [0.25, 0.3) is 0 Å². The number of carbonyl (C=O) groups is 1. The minimum atomic E-state index is -0.0402. The first-order valence-electron chi connectivity index (χ1n) is 8.10. The van der Waals surface area contributed by atoms with Crippen molar-refractivity contribution in [1.29, 1.82) is 0 Å². The van der Waals surface area contributed by atoms with Gasteiger partial charge < -0.3 is 15.1 Å². The van der Waals surface area contributed by atoms with Gasteiger partial charge in [-0.15, -0.1) is 0 Å². The van der Waals surface area contributed by atoms with E-state index in [1.54, 1.807) is 24.3 Å². The molecule has 4 nitrogen and oxygen atoms in total. The fourth-order valence-electron chi connectivity index (χ4n) is 2.64. The van der Waals surface area contributed by atoms with Gasteiger partial charge in [0.2, 0.25) is 0 Å². The maximum absolute atomic E-state index is 11.9. The highest BCUT2D eigenvalue weighted by Crippen LogP contribution is 2.10. The van der Waals surface area contributed by atoms with Crippen LogP contribution in [0.5, 0.6) is 0 Å². The molecule has 1 amide bonds. The smallest absolute Gasteiger partial charge is 0.251 e. The Kier molecular flexibility index (Phi) is 7.16. The van der Waals surface area contributed by atoms with Gasteiger partial charge in [0.25, 0.3) is 5.91 Å². The van der Waals surface area contributed by atoms with Crippen LogP contribution in [0.1, 0.15) is 29.6 Å². The predicted octanol–water partition coefficient (Wildman–Crippen LogP) is 2.49. The average molecular weight is 324 g/mol. The van der Waals surface area contributed by atoms with E-state index in [4.69, 9.17) is 11.6 Å². The molecule has 0 atom stereocenters. The Labute approximate surface area is 138 Å². The molecular weight excluding hydrogens is 298 g/mol. The lowest BCUT2D eigenvalue weighted by atomic mass is 10.2. The van der Waals surface area contributed by atoms with Crippen LogP contribution in [0.2, 0.25) is 5.02 Å². The van der Waals surface area contributed by atoms with Crippen molar-refractivity contribution >= 4 is 17.5 Å². The summed E-state index contributed by atoms with van der Waals surface area (Å²) in [6, 6.07) is 7.06. The van der Waals surface area contributed by atoms with E-state index in [2.05, 4.69) is 22.2 Å². The van der Waals surface area contributed by atoms with Gasteiger partial charge in [-0.1, -0.05) is 24.1 Å². The van der Waals surface area contributed by atoms with Crippen LogP contribution in [0.15, 0.2) is 24.3 Å². The summed E-state index contributed by atoms with van der Waals surface area (Å²) in [6.07, 6.45) is 3.39. The van der Waals surface area contributed by atoms with Gasteiger partial charge in [-0.2, -0.15) is 0 Å². The van der Waals surface area contributed by atoms with Gasteiger partial charge in [-0.25, -0.2) is 0 Å². The Balaban J connectivity index is 1.53. The van der Waals surface area contributed by atoms with Crippen LogP contribution in [-0.2, 0) is 0 Å². The summed E-state index contributed by atoms with van der Waals surface area (Å²) in [4.78, 5) is 16.8. The molecule has 0 aliphatic carbocycles. The van der Waals surface area contributed by atoms with E-state index in [1.165, 1.54) is 39.1 Å². The summed E-state index contributed by atoms with van der Waals surface area (Å²) in [5.74, 6) is -0.0402. The first-order chi connectivity index (χ1) is 10.6.